The number of carboxylic acid groups (broad SMARTS) is 1. The second-order valence-corrected chi connectivity index (χ2v) is 10.4. The maximum atomic E-state index is 14.2. The van der Waals surface area contributed by atoms with Gasteiger partial charge >= 0.3 is 5.97 Å². The van der Waals surface area contributed by atoms with Crippen LogP contribution in [0.15, 0.2) is 48.9 Å². The fourth-order valence-electron chi connectivity index (χ4n) is 5.32. The van der Waals surface area contributed by atoms with E-state index in [1.54, 1.807) is 30.7 Å². The van der Waals surface area contributed by atoms with E-state index in [0.717, 1.165) is 49.7 Å². The summed E-state index contributed by atoms with van der Waals surface area (Å²) in [5, 5.41) is 27.0. The Hall–Kier alpha value is -5.16. The highest BCUT2D eigenvalue weighted by Gasteiger charge is 2.26. The highest BCUT2D eigenvalue weighted by atomic mass is 19.1. The van der Waals surface area contributed by atoms with E-state index in [2.05, 4.69) is 25.1 Å². The van der Waals surface area contributed by atoms with Gasteiger partial charge in [-0.25, -0.2) is 19.2 Å². The van der Waals surface area contributed by atoms with E-state index in [1.807, 2.05) is 34.3 Å². The van der Waals surface area contributed by atoms with Crippen molar-refractivity contribution < 1.29 is 19.0 Å². The number of hydrogen-bond donors (Lipinski definition) is 1. The first-order chi connectivity index (χ1) is 20.9. The first kappa shape index (κ1) is 28.0. The molecule has 6 rings (SSSR count). The van der Waals surface area contributed by atoms with Gasteiger partial charge in [-0.2, -0.15) is 10.2 Å². The summed E-state index contributed by atoms with van der Waals surface area (Å²) in [5.41, 5.74) is 2.51. The van der Waals surface area contributed by atoms with Crippen molar-refractivity contribution in [3.05, 3.63) is 88.9 Å². The second kappa shape index (κ2) is 12.0. The zero-order valence-electron chi connectivity index (χ0n) is 23.5. The molecule has 1 saturated heterocycles. The third kappa shape index (κ3) is 5.93. The minimum absolute atomic E-state index is 0.0183. The summed E-state index contributed by atoms with van der Waals surface area (Å²) in [7, 11) is 0. The molecule has 1 aromatic carbocycles. The average molecular weight is 585 g/mol. The van der Waals surface area contributed by atoms with E-state index >= 15 is 0 Å². The summed E-state index contributed by atoms with van der Waals surface area (Å²) in [5.74, 6) is -0.218. The van der Waals surface area contributed by atoms with Gasteiger partial charge < -0.3 is 14.4 Å². The summed E-state index contributed by atoms with van der Waals surface area (Å²) in [4.78, 5) is 26.9. The van der Waals surface area contributed by atoms with Crippen molar-refractivity contribution in [3.63, 3.8) is 0 Å². The van der Waals surface area contributed by atoms with Crippen LogP contribution in [0.5, 0.6) is 5.88 Å². The number of halogens is 1. The van der Waals surface area contributed by atoms with E-state index in [1.165, 1.54) is 10.7 Å². The summed E-state index contributed by atoms with van der Waals surface area (Å²) < 4.78 is 25.2. The average Bonchev–Trinajstić information content (AvgIpc) is 3.73. The number of benzene rings is 1. The zero-order chi connectivity index (χ0) is 29.9. The summed E-state index contributed by atoms with van der Waals surface area (Å²) in [6, 6.07) is 11.9. The summed E-state index contributed by atoms with van der Waals surface area (Å²) in [6.45, 7) is 5.41. The molecule has 5 aromatic rings. The van der Waals surface area contributed by atoms with Crippen LogP contribution in [0.25, 0.3) is 5.78 Å². The minimum atomic E-state index is -1.20. The monoisotopic (exact) mass is 584 g/mol. The molecule has 4 aromatic heterocycles. The Morgan fingerprint density at radius 2 is 2.00 bits per heavy atom. The molecule has 0 radical (unpaired) electrons. The molecule has 13 nitrogen and oxygen atoms in total. The summed E-state index contributed by atoms with van der Waals surface area (Å²) >= 11 is 0. The molecule has 1 aliphatic heterocycles. The molecule has 0 spiro atoms. The van der Waals surface area contributed by atoms with Crippen LogP contribution in [0.4, 0.5) is 4.39 Å². The SMILES string of the molecule is CCn1cncc1Cn1c(CN2CCC(c3cccc(OCc4ccc(C#N)cc4F)n3)CC2)nn2nc(C(=O)O)nc12. The van der Waals surface area contributed by atoms with Crippen molar-refractivity contribution >= 4 is 11.7 Å². The number of fused-ring (bicyclic) bond motifs is 1. The molecule has 0 saturated carbocycles. The highest BCUT2D eigenvalue weighted by Crippen LogP contribution is 2.29. The van der Waals surface area contributed by atoms with Gasteiger partial charge in [0, 0.05) is 36.0 Å². The van der Waals surface area contributed by atoms with Crippen LogP contribution in [0, 0.1) is 17.1 Å². The fraction of sp³-hybridized carbons (Fsp3) is 0.345. The van der Waals surface area contributed by atoms with Gasteiger partial charge in [0.2, 0.25) is 5.88 Å². The Bertz CT molecular complexity index is 1810. The smallest absolute Gasteiger partial charge is 0.375 e. The van der Waals surface area contributed by atoms with Gasteiger partial charge in [0.15, 0.2) is 0 Å². The number of likely N-dealkylation sites (tertiary alicyclic amines) is 1. The van der Waals surface area contributed by atoms with Crippen molar-refractivity contribution in [2.45, 2.75) is 51.9 Å². The zero-order valence-corrected chi connectivity index (χ0v) is 23.5. The third-order valence-corrected chi connectivity index (χ3v) is 7.66. The van der Waals surface area contributed by atoms with E-state index in [-0.39, 0.29) is 23.9 Å². The van der Waals surface area contributed by atoms with Crippen molar-refractivity contribution in [2.24, 2.45) is 0 Å². The maximum Gasteiger partial charge on any atom is 0.375 e. The lowest BCUT2D eigenvalue weighted by atomic mass is 9.93. The number of nitriles is 1. The van der Waals surface area contributed by atoms with Crippen LogP contribution in [0.3, 0.4) is 0 Å². The Balaban J connectivity index is 1.12. The Labute approximate surface area is 245 Å². The molecule has 0 atom stereocenters. The number of piperidine rings is 1. The Morgan fingerprint density at radius 1 is 1.16 bits per heavy atom. The van der Waals surface area contributed by atoms with Crippen molar-refractivity contribution in [1.82, 2.24) is 43.8 Å². The number of carboxylic acids is 1. The molecule has 220 valence electrons. The van der Waals surface area contributed by atoms with Crippen molar-refractivity contribution in [3.8, 4) is 11.9 Å². The van der Waals surface area contributed by atoms with Gasteiger partial charge in [0.25, 0.3) is 11.6 Å². The molecule has 1 aliphatic rings. The lowest BCUT2D eigenvalue weighted by Crippen LogP contribution is -2.33. The van der Waals surface area contributed by atoms with Gasteiger partial charge in [-0.05, 0) is 51.1 Å². The van der Waals surface area contributed by atoms with Crippen LogP contribution < -0.4 is 4.74 Å². The lowest BCUT2D eigenvalue weighted by molar-refractivity contribution is 0.0683. The Kier molecular flexibility index (Phi) is 7.80. The number of hydrogen-bond acceptors (Lipinski definition) is 9. The van der Waals surface area contributed by atoms with Gasteiger partial charge in [0.1, 0.15) is 18.2 Å². The number of ether oxygens (including phenoxy) is 1. The molecule has 0 unspecified atom stereocenters. The summed E-state index contributed by atoms with van der Waals surface area (Å²) in [6.07, 6.45) is 5.31. The molecule has 43 heavy (non-hydrogen) atoms. The van der Waals surface area contributed by atoms with Gasteiger partial charge in [-0.1, -0.05) is 12.1 Å². The topological polar surface area (TPSA) is 152 Å². The molecule has 0 amide bonds. The maximum absolute atomic E-state index is 14.2. The molecule has 1 fully saturated rings. The first-order valence-corrected chi connectivity index (χ1v) is 14.0. The van der Waals surface area contributed by atoms with Crippen LogP contribution in [0.2, 0.25) is 0 Å². The number of pyridine rings is 1. The molecule has 14 heteroatoms. The number of imidazole rings is 1. The fourth-order valence-corrected chi connectivity index (χ4v) is 5.32. The normalized spacial score (nSPS) is 14.3. The minimum Gasteiger partial charge on any atom is -0.475 e. The number of aromatic carboxylic acids is 1. The molecular formula is C29H29FN10O3. The standard InChI is InChI=1S/C29H29FN10O3/c1-2-38-18-32-14-22(38)15-39-25(35-40-29(39)34-27(36-40)28(41)42)16-37-10-8-20(9-11-37)24-4-3-5-26(33-24)43-17-21-7-6-19(13-31)12-23(21)30/h3-7,12,14,18,20H,2,8-11,15-17H2,1H3,(H,41,42). The van der Waals surface area contributed by atoms with Crippen molar-refractivity contribution in [1.29, 1.82) is 5.26 Å². The van der Waals surface area contributed by atoms with E-state index in [4.69, 9.17) is 15.0 Å². The molecular weight excluding hydrogens is 555 g/mol. The largest absolute Gasteiger partial charge is 0.475 e. The van der Waals surface area contributed by atoms with Crippen LogP contribution in [-0.4, -0.2) is 68.0 Å². The molecule has 1 N–H and O–H groups in total. The second-order valence-electron chi connectivity index (χ2n) is 10.4. The highest BCUT2D eigenvalue weighted by molar-refractivity contribution is 5.83. The van der Waals surface area contributed by atoms with Crippen LogP contribution >= 0.6 is 0 Å². The van der Waals surface area contributed by atoms with E-state index < -0.39 is 11.8 Å². The predicted molar refractivity (Wildman–Crippen MR) is 150 cm³/mol. The van der Waals surface area contributed by atoms with Crippen molar-refractivity contribution in [2.75, 3.05) is 13.1 Å². The quantitative estimate of drug-likeness (QED) is 0.259. The first-order valence-electron chi connectivity index (χ1n) is 14.0. The Morgan fingerprint density at radius 3 is 2.74 bits per heavy atom. The molecule has 0 bridgehead atoms. The van der Waals surface area contributed by atoms with Gasteiger partial charge in [-0.3, -0.25) is 9.47 Å². The number of aromatic nitrogens is 8. The number of nitrogens with zero attached hydrogens (tertiary/aromatic N) is 10. The van der Waals surface area contributed by atoms with Crippen LogP contribution in [0.1, 0.15) is 64.6 Å². The van der Waals surface area contributed by atoms with Gasteiger partial charge in [0.05, 0.1) is 36.7 Å². The van der Waals surface area contributed by atoms with Crippen LogP contribution in [-0.2, 0) is 26.2 Å². The third-order valence-electron chi connectivity index (χ3n) is 7.66. The van der Waals surface area contributed by atoms with Gasteiger partial charge in [-0.15, -0.1) is 14.8 Å². The number of carbonyl (C=O) groups is 1. The molecule has 0 aliphatic carbocycles. The lowest BCUT2D eigenvalue weighted by Gasteiger charge is -2.31. The number of aryl methyl sites for hydroxylation is 1. The van der Waals surface area contributed by atoms with E-state index in [0.29, 0.717) is 30.3 Å². The van der Waals surface area contributed by atoms with E-state index in [9.17, 15) is 14.3 Å². The number of rotatable bonds is 10. The predicted octanol–water partition coefficient (Wildman–Crippen LogP) is 3.25. The molecule has 5 heterocycles.